The van der Waals surface area contributed by atoms with Crippen molar-refractivity contribution in [3.63, 3.8) is 0 Å². The summed E-state index contributed by atoms with van der Waals surface area (Å²) in [7, 11) is -3.27. The summed E-state index contributed by atoms with van der Waals surface area (Å²) in [6, 6.07) is 1.77. The topological polar surface area (TPSA) is 136 Å². The Kier molecular flexibility index (Phi) is 4.69. The van der Waals surface area contributed by atoms with E-state index in [2.05, 4.69) is 4.98 Å². The van der Waals surface area contributed by atoms with Gasteiger partial charge in [-0.1, -0.05) is 0 Å². The third kappa shape index (κ3) is 3.53. The highest BCUT2D eigenvalue weighted by Crippen LogP contribution is 2.63. The SMILES string of the molecule is CC(OP(=O)(N1CC1)N1CC1)c1cc(-n2cncc2[N+](=O)[O-])c([N+](=O)[O-])cc1F. The van der Waals surface area contributed by atoms with Gasteiger partial charge in [0, 0.05) is 37.8 Å². The van der Waals surface area contributed by atoms with Gasteiger partial charge in [-0.05, 0) is 11.8 Å². The van der Waals surface area contributed by atoms with Gasteiger partial charge in [0.2, 0.25) is 5.69 Å². The van der Waals surface area contributed by atoms with Gasteiger partial charge < -0.3 is 10.1 Å². The molecule has 2 fully saturated rings. The molecular formula is C15H16FN6O6P. The number of nitrogens with zero attached hydrogens (tertiary/aromatic N) is 6. The van der Waals surface area contributed by atoms with Crippen molar-refractivity contribution < 1.29 is 23.3 Å². The van der Waals surface area contributed by atoms with Crippen molar-refractivity contribution in [1.29, 1.82) is 0 Å². The molecule has 1 atom stereocenters. The van der Waals surface area contributed by atoms with Crippen molar-refractivity contribution in [2.75, 3.05) is 26.2 Å². The second-order valence-electron chi connectivity index (χ2n) is 6.64. The van der Waals surface area contributed by atoms with Crippen LogP contribution in [-0.4, -0.2) is 54.9 Å². The summed E-state index contributed by atoms with van der Waals surface area (Å²) in [4.78, 5) is 24.7. The Labute approximate surface area is 163 Å². The summed E-state index contributed by atoms with van der Waals surface area (Å²) in [6.45, 7) is 3.91. The monoisotopic (exact) mass is 426 g/mol. The number of rotatable bonds is 8. The molecule has 29 heavy (non-hydrogen) atoms. The highest BCUT2D eigenvalue weighted by Gasteiger charge is 2.50. The molecule has 2 saturated heterocycles. The smallest absolute Gasteiger partial charge is 0.348 e. The molecule has 14 heteroatoms. The molecule has 4 rings (SSSR count). The van der Waals surface area contributed by atoms with E-state index in [-0.39, 0.29) is 11.3 Å². The number of hydrogen-bond donors (Lipinski definition) is 0. The molecule has 0 saturated carbocycles. The van der Waals surface area contributed by atoms with Gasteiger partial charge >= 0.3 is 19.2 Å². The number of halogens is 1. The van der Waals surface area contributed by atoms with Gasteiger partial charge in [-0.2, -0.15) is 4.57 Å². The Morgan fingerprint density at radius 1 is 1.17 bits per heavy atom. The summed E-state index contributed by atoms with van der Waals surface area (Å²) in [5, 5.41) is 22.6. The van der Waals surface area contributed by atoms with Gasteiger partial charge in [0.15, 0.2) is 6.33 Å². The van der Waals surface area contributed by atoms with Crippen molar-refractivity contribution in [2.24, 2.45) is 0 Å². The third-order valence-corrected chi connectivity index (χ3v) is 7.47. The fourth-order valence-electron chi connectivity index (χ4n) is 3.00. The number of benzene rings is 1. The molecule has 1 unspecified atom stereocenters. The van der Waals surface area contributed by atoms with Crippen molar-refractivity contribution in [1.82, 2.24) is 18.9 Å². The molecule has 1 aromatic heterocycles. The van der Waals surface area contributed by atoms with Crippen LogP contribution < -0.4 is 0 Å². The lowest BCUT2D eigenvalue weighted by molar-refractivity contribution is -0.392. The zero-order valence-corrected chi connectivity index (χ0v) is 16.1. The lowest BCUT2D eigenvalue weighted by Crippen LogP contribution is -2.12. The molecule has 0 amide bonds. The fourth-order valence-corrected chi connectivity index (χ4v) is 5.34. The normalized spacial score (nSPS) is 17.9. The maximum absolute atomic E-state index is 14.7. The molecule has 12 nitrogen and oxygen atoms in total. The number of nitro groups is 2. The largest absolute Gasteiger partial charge is 0.358 e. The molecule has 2 aromatic rings. The van der Waals surface area contributed by atoms with Crippen molar-refractivity contribution in [3.05, 3.63) is 56.3 Å². The first-order chi connectivity index (χ1) is 13.7. The fraction of sp³-hybridized carbons (Fsp3) is 0.400. The Bertz CT molecular complexity index is 1040. The van der Waals surface area contributed by atoms with E-state index < -0.39 is 40.9 Å². The summed E-state index contributed by atoms with van der Waals surface area (Å²) in [5.41, 5.74) is -1.00. The third-order valence-electron chi connectivity index (χ3n) is 4.65. The van der Waals surface area contributed by atoms with Crippen molar-refractivity contribution >= 4 is 19.2 Å². The predicted molar refractivity (Wildman–Crippen MR) is 97.1 cm³/mol. The standard InChI is InChI=1S/C15H16FN6O6P/c1-10(28-29(27,18-2-3-18)19-4-5-19)11-6-13(14(21(23)24)7-12(11)16)20-9-17-8-15(20)22(25)26/h6-10H,2-5H2,1H3. The van der Waals surface area contributed by atoms with Crippen LogP contribution in [0.1, 0.15) is 18.6 Å². The van der Waals surface area contributed by atoms with Gasteiger partial charge in [-0.15, -0.1) is 0 Å². The predicted octanol–water partition coefficient (Wildman–Crippen LogP) is 2.64. The molecule has 2 aliphatic heterocycles. The zero-order valence-electron chi connectivity index (χ0n) is 15.2. The first kappa shape index (κ1) is 19.6. The number of nitro benzene ring substituents is 1. The Morgan fingerprint density at radius 2 is 1.79 bits per heavy atom. The summed E-state index contributed by atoms with van der Waals surface area (Å²) < 4.78 is 37.8. The minimum absolute atomic E-state index is 0.0995. The van der Waals surface area contributed by atoms with Gasteiger partial charge in [0.1, 0.15) is 12.0 Å². The molecule has 0 bridgehead atoms. The molecule has 0 spiro atoms. The second kappa shape index (κ2) is 6.95. The van der Waals surface area contributed by atoms with E-state index in [0.29, 0.717) is 32.2 Å². The Hall–Kier alpha value is -2.73. The average molecular weight is 426 g/mol. The average Bonchev–Trinajstić information content (AvgIpc) is 3.57. The van der Waals surface area contributed by atoms with Crippen molar-refractivity contribution in [3.8, 4) is 5.69 Å². The van der Waals surface area contributed by atoms with Crippen LogP contribution in [-0.2, 0) is 9.09 Å². The van der Waals surface area contributed by atoms with E-state index in [9.17, 15) is 29.2 Å². The molecule has 2 aliphatic rings. The van der Waals surface area contributed by atoms with Crippen LogP contribution in [0.2, 0.25) is 0 Å². The summed E-state index contributed by atoms with van der Waals surface area (Å²) in [5.74, 6) is -1.45. The maximum Gasteiger partial charge on any atom is 0.348 e. The van der Waals surface area contributed by atoms with Crippen LogP contribution in [0.25, 0.3) is 5.69 Å². The number of aromatic nitrogens is 2. The Balaban J connectivity index is 1.76. The lowest BCUT2D eigenvalue weighted by Gasteiger charge is -2.24. The summed E-state index contributed by atoms with van der Waals surface area (Å²) >= 11 is 0. The van der Waals surface area contributed by atoms with E-state index in [1.807, 2.05) is 0 Å². The first-order valence-corrected chi connectivity index (χ1v) is 10.2. The van der Waals surface area contributed by atoms with E-state index in [1.165, 1.54) is 6.92 Å². The van der Waals surface area contributed by atoms with Gasteiger partial charge in [0.25, 0.3) is 0 Å². The molecular weight excluding hydrogens is 410 g/mol. The minimum Gasteiger partial charge on any atom is -0.358 e. The number of hydrogen-bond acceptors (Lipinski definition) is 7. The van der Waals surface area contributed by atoms with Crippen molar-refractivity contribution in [2.45, 2.75) is 13.0 Å². The quantitative estimate of drug-likeness (QED) is 0.270. The van der Waals surface area contributed by atoms with E-state index in [4.69, 9.17) is 4.52 Å². The zero-order chi connectivity index (χ0) is 20.9. The Morgan fingerprint density at radius 3 is 2.31 bits per heavy atom. The number of imidazole rings is 1. The van der Waals surface area contributed by atoms with Crippen LogP contribution in [0.3, 0.4) is 0 Å². The molecule has 0 N–H and O–H groups in total. The molecule has 3 heterocycles. The van der Waals surface area contributed by atoms with Crippen LogP contribution in [0, 0.1) is 26.0 Å². The van der Waals surface area contributed by atoms with E-state index in [1.54, 1.807) is 9.34 Å². The molecule has 0 radical (unpaired) electrons. The lowest BCUT2D eigenvalue weighted by atomic mass is 10.1. The highest BCUT2D eigenvalue weighted by atomic mass is 31.2. The second-order valence-corrected chi connectivity index (χ2v) is 8.97. The molecule has 1 aromatic carbocycles. The molecule has 154 valence electrons. The minimum atomic E-state index is -3.27. The van der Waals surface area contributed by atoms with E-state index >= 15 is 0 Å². The summed E-state index contributed by atoms with van der Waals surface area (Å²) in [6.07, 6.45) is 0.954. The van der Waals surface area contributed by atoms with Crippen LogP contribution in [0.4, 0.5) is 15.9 Å². The van der Waals surface area contributed by atoms with Gasteiger partial charge in [0.05, 0.1) is 17.1 Å². The molecule has 0 aliphatic carbocycles. The highest BCUT2D eigenvalue weighted by molar-refractivity contribution is 7.54. The maximum atomic E-state index is 14.7. The van der Waals surface area contributed by atoms with Crippen LogP contribution in [0.15, 0.2) is 24.7 Å². The van der Waals surface area contributed by atoms with Gasteiger partial charge in [-0.25, -0.2) is 18.7 Å². The van der Waals surface area contributed by atoms with E-state index in [0.717, 1.165) is 23.2 Å². The van der Waals surface area contributed by atoms with Crippen LogP contribution in [0.5, 0.6) is 0 Å². The van der Waals surface area contributed by atoms with Gasteiger partial charge in [-0.3, -0.25) is 19.2 Å². The van der Waals surface area contributed by atoms with Crippen LogP contribution >= 0.6 is 7.67 Å². The first-order valence-electron chi connectivity index (χ1n) is 8.66.